The number of benzene rings is 1. The molecule has 3 N–H and O–H groups in total. The zero-order valence-corrected chi connectivity index (χ0v) is 31.2. The van der Waals surface area contributed by atoms with E-state index in [1.165, 1.54) is 14.0 Å². The Hall–Kier alpha value is -5.02. The number of fused-ring (bicyclic) bond motifs is 1. The summed E-state index contributed by atoms with van der Waals surface area (Å²) in [6, 6.07) is 12.8. The van der Waals surface area contributed by atoms with Gasteiger partial charge in [-0.25, -0.2) is 19.3 Å². The van der Waals surface area contributed by atoms with Gasteiger partial charge in [0.05, 0.1) is 54.8 Å². The zero-order chi connectivity index (χ0) is 37.6. The normalized spacial score (nSPS) is 13.9. The predicted molar refractivity (Wildman–Crippen MR) is 200 cm³/mol. The van der Waals surface area contributed by atoms with E-state index in [0.29, 0.717) is 111 Å². The van der Waals surface area contributed by atoms with E-state index in [2.05, 4.69) is 25.7 Å². The lowest BCUT2D eigenvalue weighted by Crippen LogP contribution is -2.41. The second-order valence-electron chi connectivity index (χ2n) is 12.6. The third-order valence-corrected chi connectivity index (χ3v) is 9.62. The molecule has 0 unspecified atom stereocenters. The minimum Gasteiger partial charge on any atom is -0.493 e. The summed E-state index contributed by atoms with van der Waals surface area (Å²) in [6.45, 7) is 5.27. The molecule has 1 saturated heterocycles. The Kier molecular flexibility index (Phi) is 11.9. The van der Waals surface area contributed by atoms with Gasteiger partial charge in [0.2, 0.25) is 11.8 Å². The number of amides is 2. The summed E-state index contributed by atoms with van der Waals surface area (Å²) in [6.07, 6.45) is 3.33. The van der Waals surface area contributed by atoms with Gasteiger partial charge in [0.15, 0.2) is 17.2 Å². The van der Waals surface area contributed by atoms with E-state index in [-0.39, 0.29) is 18.6 Å². The van der Waals surface area contributed by atoms with Crippen LogP contribution in [0.15, 0.2) is 54.9 Å². The number of nitrogens with one attached hydrogen (secondary N) is 2. The van der Waals surface area contributed by atoms with Crippen molar-refractivity contribution in [3.05, 3.63) is 76.3 Å². The fourth-order valence-electron chi connectivity index (χ4n) is 6.12. The van der Waals surface area contributed by atoms with Gasteiger partial charge in [-0.2, -0.15) is 0 Å². The van der Waals surface area contributed by atoms with Crippen LogP contribution < -0.4 is 20.1 Å². The number of nitrogens with zero attached hydrogens (tertiary/aromatic N) is 6. The lowest BCUT2D eigenvalue weighted by atomic mass is 10.00. The van der Waals surface area contributed by atoms with E-state index in [9.17, 15) is 14.7 Å². The molecule has 0 spiro atoms. The Bertz CT molecular complexity index is 2120. The van der Waals surface area contributed by atoms with Gasteiger partial charge in [0.25, 0.3) is 0 Å². The number of rotatable bonds is 12. The van der Waals surface area contributed by atoms with Gasteiger partial charge in [0.1, 0.15) is 6.10 Å². The van der Waals surface area contributed by atoms with Crippen LogP contribution in [0.5, 0.6) is 11.6 Å². The molecule has 5 heterocycles. The summed E-state index contributed by atoms with van der Waals surface area (Å²) in [5, 5.41) is 20.8. The summed E-state index contributed by atoms with van der Waals surface area (Å²) in [5.74, 6) is 1.37. The minimum absolute atomic E-state index is 0.0211. The molecule has 5 aromatic rings. The highest BCUT2D eigenvalue weighted by atomic mass is 35.5. The number of piperidine rings is 1. The average molecular weight is 764 g/mol. The van der Waals surface area contributed by atoms with Crippen molar-refractivity contribution in [1.29, 1.82) is 0 Å². The number of halogens is 2. The Balaban J connectivity index is 1.21. The summed E-state index contributed by atoms with van der Waals surface area (Å²) < 4.78 is 18.4. The van der Waals surface area contributed by atoms with Gasteiger partial charge in [-0.15, -0.1) is 5.10 Å². The molecular weight excluding hydrogens is 723 g/mol. The first kappa shape index (κ1) is 37.7. The Morgan fingerprint density at radius 3 is 2.47 bits per heavy atom. The van der Waals surface area contributed by atoms with E-state index in [0.717, 1.165) is 0 Å². The number of aliphatic hydroxyl groups is 1. The first-order chi connectivity index (χ1) is 25.6. The predicted octanol–water partition coefficient (Wildman–Crippen LogP) is 5.55. The van der Waals surface area contributed by atoms with Gasteiger partial charge in [-0.05, 0) is 31.2 Å². The molecule has 6 rings (SSSR count). The van der Waals surface area contributed by atoms with E-state index < -0.39 is 12.2 Å². The van der Waals surface area contributed by atoms with Gasteiger partial charge in [0, 0.05) is 79.6 Å². The van der Waals surface area contributed by atoms with E-state index in [4.69, 9.17) is 42.4 Å². The van der Waals surface area contributed by atoms with Crippen LogP contribution in [0.4, 0.5) is 4.79 Å². The number of carbonyl (C=O) groups excluding carboxylic acids is 2. The third kappa shape index (κ3) is 8.62. The minimum atomic E-state index is -0.549. The maximum atomic E-state index is 12.6. The highest BCUT2D eigenvalue weighted by Gasteiger charge is 2.24. The molecule has 0 aliphatic carbocycles. The van der Waals surface area contributed by atoms with Gasteiger partial charge in [-0.3, -0.25) is 9.78 Å². The number of likely N-dealkylation sites (tertiary alicyclic amines) is 1. The third-order valence-electron chi connectivity index (χ3n) is 8.83. The standard InChI is InChI=1S/C37H40Cl2N8O6/c1-21(48)17-40-19-31-44-35-30(51-3)16-24(20-47(35)45-31)34-33(39)27(10-13-41-34)26-6-5-7-28(32(26)38)29-9-8-23(36(43-29)52-4)18-42-37(50)53-25-11-14-46(15-12-25)22(2)49/h5-10,13,16,20-21,25,40,48H,11-12,14-15,17-19H2,1-4H3,(H,42,50)/t21-/m1/s1. The molecule has 0 radical (unpaired) electrons. The fourth-order valence-corrected chi connectivity index (χ4v) is 6.77. The molecule has 1 fully saturated rings. The van der Waals surface area contributed by atoms with Crippen molar-refractivity contribution in [2.24, 2.45) is 0 Å². The summed E-state index contributed by atoms with van der Waals surface area (Å²) in [4.78, 5) is 39.8. The molecule has 1 atom stereocenters. The van der Waals surface area contributed by atoms with Gasteiger partial charge in [-0.1, -0.05) is 41.4 Å². The molecule has 1 aliphatic rings. The maximum absolute atomic E-state index is 12.6. The topological polar surface area (TPSA) is 165 Å². The Labute approximate surface area is 316 Å². The largest absolute Gasteiger partial charge is 0.493 e. The van der Waals surface area contributed by atoms with Crippen LogP contribution in [0.25, 0.3) is 39.3 Å². The molecule has 14 nitrogen and oxygen atoms in total. The second kappa shape index (κ2) is 16.8. The van der Waals surface area contributed by atoms with Crippen LogP contribution in [0.1, 0.15) is 38.1 Å². The van der Waals surface area contributed by atoms with Crippen LogP contribution in [-0.2, 0) is 22.6 Å². The number of hydrogen-bond acceptors (Lipinski definition) is 11. The van der Waals surface area contributed by atoms with Gasteiger partial charge >= 0.3 is 6.09 Å². The van der Waals surface area contributed by atoms with Crippen molar-refractivity contribution >= 4 is 40.8 Å². The molecule has 0 saturated carbocycles. The fraction of sp³-hybridized carbons (Fsp3) is 0.351. The van der Waals surface area contributed by atoms with Crippen molar-refractivity contribution in [2.75, 3.05) is 33.9 Å². The molecule has 1 aromatic carbocycles. The SMILES string of the molecule is COc1nc(-c2cccc(-c3ccnc(-c4cc(OC)c5nc(CNC[C@@H](C)O)nn5c4)c3Cl)c2Cl)ccc1CNC(=O)OC1CCN(C(C)=O)CC1. The Morgan fingerprint density at radius 2 is 1.75 bits per heavy atom. The molecule has 1 aliphatic heterocycles. The number of hydrogen-bond donors (Lipinski definition) is 3. The number of methoxy groups -OCH3 is 2. The summed E-state index contributed by atoms with van der Waals surface area (Å²) in [5.41, 5.74) is 4.85. The molecule has 16 heteroatoms. The summed E-state index contributed by atoms with van der Waals surface area (Å²) in [7, 11) is 3.06. The number of ether oxygens (including phenoxy) is 3. The van der Waals surface area contributed by atoms with E-state index in [1.54, 1.807) is 54.0 Å². The quantitative estimate of drug-likeness (QED) is 0.146. The number of carbonyl (C=O) groups is 2. The molecule has 0 bridgehead atoms. The van der Waals surface area contributed by atoms with Crippen LogP contribution in [-0.4, -0.2) is 92.6 Å². The lowest BCUT2D eigenvalue weighted by molar-refractivity contribution is -0.130. The zero-order valence-electron chi connectivity index (χ0n) is 29.7. The van der Waals surface area contributed by atoms with Crippen molar-refractivity contribution in [2.45, 2.75) is 52.0 Å². The highest BCUT2D eigenvalue weighted by molar-refractivity contribution is 6.39. The smallest absolute Gasteiger partial charge is 0.407 e. The van der Waals surface area contributed by atoms with Gasteiger partial charge < -0.3 is 34.9 Å². The first-order valence-electron chi connectivity index (χ1n) is 17.1. The van der Waals surface area contributed by atoms with Crippen LogP contribution in [0.2, 0.25) is 10.0 Å². The number of alkyl carbamates (subject to hydrolysis) is 1. The Morgan fingerprint density at radius 1 is 1.00 bits per heavy atom. The number of pyridine rings is 3. The number of aromatic nitrogens is 5. The van der Waals surface area contributed by atoms with Crippen molar-refractivity contribution in [3.63, 3.8) is 0 Å². The van der Waals surface area contributed by atoms with Crippen LogP contribution >= 0.6 is 23.2 Å². The van der Waals surface area contributed by atoms with Crippen LogP contribution in [0.3, 0.4) is 0 Å². The first-order valence-corrected chi connectivity index (χ1v) is 17.8. The lowest BCUT2D eigenvalue weighted by Gasteiger charge is -2.30. The van der Waals surface area contributed by atoms with Crippen molar-refractivity contribution in [3.8, 4) is 45.3 Å². The highest BCUT2D eigenvalue weighted by Crippen LogP contribution is 2.42. The number of aliphatic hydroxyl groups excluding tert-OH is 1. The van der Waals surface area contributed by atoms with Crippen LogP contribution in [0, 0.1) is 0 Å². The maximum Gasteiger partial charge on any atom is 0.407 e. The molecule has 2 amide bonds. The summed E-state index contributed by atoms with van der Waals surface area (Å²) >= 11 is 14.1. The monoisotopic (exact) mass is 762 g/mol. The van der Waals surface area contributed by atoms with Crippen molar-refractivity contribution < 1.29 is 28.9 Å². The molecule has 4 aromatic heterocycles. The average Bonchev–Trinajstić information content (AvgIpc) is 3.57. The molecular formula is C37H40Cl2N8O6. The second-order valence-corrected chi connectivity index (χ2v) is 13.3. The van der Waals surface area contributed by atoms with E-state index in [1.807, 2.05) is 24.3 Å². The van der Waals surface area contributed by atoms with Crippen molar-refractivity contribution in [1.82, 2.24) is 40.1 Å². The van der Waals surface area contributed by atoms with E-state index >= 15 is 0 Å². The molecule has 53 heavy (non-hydrogen) atoms. The molecule has 278 valence electrons.